The van der Waals surface area contributed by atoms with Crippen LogP contribution < -0.4 is 5.32 Å². The molecule has 102 valence electrons. The molecule has 19 heavy (non-hydrogen) atoms. The number of anilines is 1. The molecule has 6 heteroatoms. The topological polar surface area (TPSA) is 78.9 Å². The van der Waals surface area contributed by atoms with Crippen LogP contribution in [-0.4, -0.2) is 48.3 Å². The van der Waals surface area contributed by atoms with Gasteiger partial charge in [0.15, 0.2) is 0 Å². The molecule has 0 radical (unpaired) electrons. The molecule has 2 amide bonds. The molecule has 1 saturated heterocycles. The van der Waals surface area contributed by atoms with Gasteiger partial charge >= 0.3 is 12.0 Å². The average molecular weight is 264 g/mol. The molecule has 1 aromatic carbocycles. The predicted octanol–water partition coefficient (Wildman–Crippen LogP) is 1.64. The van der Waals surface area contributed by atoms with E-state index in [1.807, 2.05) is 0 Å². The van der Waals surface area contributed by atoms with E-state index in [-0.39, 0.29) is 17.6 Å². The summed E-state index contributed by atoms with van der Waals surface area (Å²) in [7, 11) is 1.70. The Morgan fingerprint density at radius 3 is 2.89 bits per heavy atom. The van der Waals surface area contributed by atoms with Crippen LogP contribution in [0.3, 0.4) is 0 Å². The number of urea groups is 1. The second kappa shape index (κ2) is 5.71. The Labute approximate surface area is 111 Å². The maximum atomic E-state index is 12.0. The van der Waals surface area contributed by atoms with Gasteiger partial charge in [-0.3, -0.25) is 0 Å². The number of nitrogens with zero attached hydrogens (tertiary/aromatic N) is 1. The van der Waals surface area contributed by atoms with E-state index in [1.54, 1.807) is 24.1 Å². The summed E-state index contributed by atoms with van der Waals surface area (Å²) in [5, 5.41) is 11.6. The quantitative estimate of drug-likeness (QED) is 0.869. The van der Waals surface area contributed by atoms with E-state index in [9.17, 15) is 9.59 Å². The Kier molecular flexibility index (Phi) is 4.01. The number of benzene rings is 1. The number of amides is 2. The van der Waals surface area contributed by atoms with Crippen LogP contribution in [-0.2, 0) is 4.74 Å². The SMILES string of the molecule is CN(C(=O)Nc1cccc(C(=O)O)c1)C1CCOC1. The fourth-order valence-electron chi connectivity index (χ4n) is 1.93. The molecule has 2 rings (SSSR count). The minimum Gasteiger partial charge on any atom is -0.478 e. The number of carboxylic acid groups (broad SMARTS) is 1. The van der Waals surface area contributed by atoms with Crippen LogP contribution in [0.1, 0.15) is 16.8 Å². The molecule has 1 fully saturated rings. The van der Waals surface area contributed by atoms with Crippen LogP contribution in [0.15, 0.2) is 24.3 Å². The number of likely N-dealkylation sites (N-methyl/N-ethyl adjacent to an activating group) is 1. The zero-order valence-corrected chi connectivity index (χ0v) is 10.6. The summed E-state index contributed by atoms with van der Waals surface area (Å²) in [6.07, 6.45) is 0.819. The van der Waals surface area contributed by atoms with E-state index in [0.717, 1.165) is 6.42 Å². The van der Waals surface area contributed by atoms with Gasteiger partial charge in [0.2, 0.25) is 0 Å². The predicted molar refractivity (Wildman–Crippen MR) is 69.4 cm³/mol. The first-order chi connectivity index (χ1) is 9.08. The van der Waals surface area contributed by atoms with E-state index in [2.05, 4.69) is 5.32 Å². The number of hydrogen-bond donors (Lipinski definition) is 2. The maximum absolute atomic E-state index is 12.0. The summed E-state index contributed by atoms with van der Waals surface area (Å²) in [6.45, 7) is 1.20. The maximum Gasteiger partial charge on any atom is 0.335 e. The van der Waals surface area contributed by atoms with Crippen LogP contribution in [0.2, 0.25) is 0 Å². The van der Waals surface area contributed by atoms with Crippen molar-refractivity contribution in [2.75, 3.05) is 25.6 Å². The van der Waals surface area contributed by atoms with E-state index in [1.165, 1.54) is 12.1 Å². The fraction of sp³-hybridized carbons (Fsp3) is 0.385. The molecule has 1 unspecified atom stereocenters. The van der Waals surface area contributed by atoms with Crippen LogP contribution >= 0.6 is 0 Å². The third-order valence-electron chi connectivity index (χ3n) is 3.13. The lowest BCUT2D eigenvalue weighted by Gasteiger charge is -2.23. The number of rotatable bonds is 3. The summed E-state index contributed by atoms with van der Waals surface area (Å²) in [5.74, 6) is -1.02. The van der Waals surface area contributed by atoms with Gasteiger partial charge in [0.1, 0.15) is 0 Å². The van der Waals surface area contributed by atoms with Gasteiger partial charge in [-0.05, 0) is 24.6 Å². The van der Waals surface area contributed by atoms with Crippen molar-refractivity contribution in [1.29, 1.82) is 0 Å². The third-order valence-corrected chi connectivity index (χ3v) is 3.13. The molecule has 0 aromatic heterocycles. The molecule has 0 bridgehead atoms. The highest BCUT2D eigenvalue weighted by atomic mass is 16.5. The second-order valence-corrected chi connectivity index (χ2v) is 4.44. The van der Waals surface area contributed by atoms with E-state index in [4.69, 9.17) is 9.84 Å². The first-order valence-corrected chi connectivity index (χ1v) is 6.03. The summed E-state index contributed by atoms with van der Waals surface area (Å²) in [6, 6.07) is 5.97. The number of carbonyl (C=O) groups is 2. The molecule has 1 heterocycles. The molecule has 1 aliphatic heterocycles. The Hall–Kier alpha value is -2.08. The lowest BCUT2D eigenvalue weighted by atomic mass is 10.2. The van der Waals surface area contributed by atoms with Gasteiger partial charge in [0.25, 0.3) is 0 Å². The lowest BCUT2D eigenvalue weighted by Crippen LogP contribution is -2.40. The summed E-state index contributed by atoms with van der Waals surface area (Å²) in [5.41, 5.74) is 0.611. The molecule has 0 saturated carbocycles. The van der Waals surface area contributed by atoms with Crippen LogP contribution in [0.5, 0.6) is 0 Å². The smallest absolute Gasteiger partial charge is 0.335 e. The Bertz CT molecular complexity index is 483. The fourth-order valence-corrected chi connectivity index (χ4v) is 1.93. The Balaban J connectivity index is 2.01. The molecule has 1 aromatic rings. The molecular weight excluding hydrogens is 248 g/mol. The highest BCUT2D eigenvalue weighted by Gasteiger charge is 2.24. The lowest BCUT2D eigenvalue weighted by molar-refractivity contribution is 0.0697. The average Bonchev–Trinajstić information content (AvgIpc) is 2.92. The number of aromatic carboxylic acids is 1. The third kappa shape index (κ3) is 3.23. The van der Waals surface area contributed by atoms with Crippen molar-refractivity contribution in [3.8, 4) is 0 Å². The van der Waals surface area contributed by atoms with Crippen molar-refractivity contribution in [2.45, 2.75) is 12.5 Å². The standard InChI is InChI=1S/C13H16N2O4/c1-15(11-5-6-19-8-11)13(18)14-10-4-2-3-9(7-10)12(16)17/h2-4,7,11H,5-6,8H2,1H3,(H,14,18)(H,16,17). The van der Waals surface area contributed by atoms with Crippen molar-refractivity contribution in [3.05, 3.63) is 29.8 Å². The van der Waals surface area contributed by atoms with Gasteiger partial charge < -0.3 is 20.1 Å². The first kappa shape index (κ1) is 13.4. The van der Waals surface area contributed by atoms with Crippen LogP contribution in [0.4, 0.5) is 10.5 Å². The van der Waals surface area contributed by atoms with Crippen molar-refractivity contribution in [2.24, 2.45) is 0 Å². The first-order valence-electron chi connectivity index (χ1n) is 6.03. The molecule has 1 aliphatic rings. The Morgan fingerprint density at radius 2 is 2.26 bits per heavy atom. The van der Waals surface area contributed by atoms with Crippen LogP contribution in [0.25, 0.3) is 0 Å². The van der Waals surface area contributed by atoms with Gasteiger partial charge in [0, 0.05) is 19.3 Å². The van der Waals surface area contributed by atoms with Crippen molar-refractivity contribution in [3.63, 3.8) is 0 Å². The second-order valence-electron chi connectivity index (χ2n) is 4.44. The van der Waals surface area contributed by atoms with Gasteiger partial charge in [-0.1, -0.05) is 6.07 Å². The van der Waals surface area contributed by atoms with Gasteiger partial charge in [-0.15, -0.1) is 0 Å². The van der Waals surface area contributed by atoms with Crippen LogP contribution in [0, 0.1) is 0 Å². The normalized spacial score (nSPS) is 18.1. The molecule has 1 atom stereocenters. The highest BCUT2D eigenvalue weighted by molar-refractivity contribution is 5.93. The Morgan fingerprint density at radius 1 is 1.47 bits per heavy atom. The number of ether oxygens (including phenoxy) is 1. The summed E-state index contributed by atoms with van der Waals surface area (Å²) < 4.78 is 5.23. The number of hydrogen-bond acceptors (Lipinski definition) is 3. The van der Waals surface area contributed by atoms with Crippen molar-refractivity contribution < 1.29 is 19.4 Å². The molecule has 2 N–H and O–H groups in total. The summed E-state index contributed by atoms with van der Waals surface area (Å²) >= 11 is 0. The minimum absolute atomic E-state index is 0.0719. The van der Waals surface area contributed by atoms with Gasteiger partial charge in [-0.25, -0.2) is 9.59 Å². The highest BCUT2D eigenvalue weighted by Crippen LogP contribution is 2.14. The molecule has 0 aliphatic carbocycles. The van der Waals surface area contributed by atoms with Gasteiger partial charge in [0.05, 0.1) is 18.2 Å². The minimum atomic E-state index is -1.02. The number of carboxylic acids is 1. The number of nitrogens with one attached hydrogen (secondary N) is 1. The zero-order chi connectivity index (χ0) is 13.8. The molecular formula is C13H16N2O4. The van der Waals surface area contributed by atoms with Crippen molar-refractivity contribution >= 4 is 17.7 Å². The number of carbonyl (C=O) groups excluding carboxylic acids is 1. The molecule has 6 nitrogen and oxygen atoms in total. The largest absolute Gasteiger partial charge is 0.478 e. The molecule has 0 spiro atoms. The monoisotopic (exact) mass is 264 g/mol. The summed E-state index contributed by atoms with van der Waals surface area (Å²) in [4.78, 5) is 24.4. The van der Waals surface area contributed by atoms with Gasteiger partial charge in [-0.2, -0.15) is 0 Å². The van der Waals surface area contributed by atoms with Crippen molar-refractivity contribution in [1.82, 2.24) is 4.90 Å². The van der Waals surface area contributed by atoms with E-state index < -0.39 is 5.97 Å². The van der Waals surface area contributed by atoms with E-state index in [0.29, 0.717) is 18.9 Å². The zero-order valence-electron chi connectivity index (χ0n) is 10.6. The van der Waals surface area contributed by atoms with E-state index >= 15 is 0 Å².